The molecule has 0 amide bonds. The molecule has 74 valence electrons. The zero-order chi connectivity index (χ0) is 10.2. The summed E-state index contributed by atoms with van der Waals surface area (Å²) in [5, 5.41) is 8.75. The molecule has 2 rings (SSSR count). The van der Waals surface area contributed by atoms with Gasteiger partial charge in [0.15, 0.2) is 5.09 Å². The lowest BCUT2D eigenvalue weighted by molar-refractivity contribution is -0.749. The summed E-state index contributed by atoms with van der Waals surface area (Å²) in [6, 6.07) is 6.92. The third kappa shape index (κ3) is 3.96. The minimum atomic E-state index is -0.875. The van der Waals surface area contributed by atoms with Gasteiger partial charge < -0.3 is 4.42 Å². The Morgan fingerprint density at radius 1 is 1.14 bits per heavy atom. The lowest BCUT2D eigenvalue weighted by atomic mass is 10.7. The molecule has 0 aromatic carbocycles. The van der Waals surface area contributed by atoms with E-state index in [0.717, 1.165) is 4.73 Å². The van der Waals surface area contributed by atoms with Crippen LogP contribution in [-0.2, 0) is 0 Å². The highest BCUT2D eigenvalue weighted by Gasteiger charge is 1.91. The van der Waals surface area contributed by atoms with Crippen molar-refractivity contribution < 1.29 is 14.4 Å². The van der Waals surface area contributed by atoms with E-state index >= 15 is 0 Å². The number of hydrogen-bond acceptors (Lipinski definition) is 4. The minimum absolute atomic E-state index is 0.875. The predicted molar refractivity (Wildman–Crippen MR) is 46.7 cm³/mol. The van der Waals surface area contributed by atoms with Crippen molar-refractivity contribution in [2.24, 2.45) is 0 Å². The quantitative estimate of drug-likeness (QED) is 0.537. The van der Waals surface area contributed by atoms with Gasteiger partial charge in [0.25, 0.3) is 0 Å². The van der Waals surface area contributed by atoms with Crippen molar-refractivity contribution in [2.75, 3.05) is 0 Å². The average Bonchev–Trinajstić information content (AvgIpc) is 2.75. The number of furan rings is 1. The Bertz CT molecular complexity index is 324. The molecule has 2 aromatic rings. The molecule has 0 bridgehead atoms. The second-order valence-electron chi connectivity index (χ2n) is 2.14. The van der Waals surface area contributed by atoms with Gasteiger partial charge in [-0.1, -0.05) is 0 Å². The number of aromatic nitrogens is 1. The predicted octanol–water partition coefficient (Wildman–Crippen LogP) is 1.39. The normalized spacial score (nSPS) is 8.57. The summed E-state index contributed by atoms with van der Waals surface area (Å²) >= 11 is 0. The number of rotatable bonds is 2. The second-order valence-corrected chi connectivity index (χ2v) is 2.14. The molecular weight excluding hydrogens is 188 g/mol. The summed E-state index contributed by atoms with van der Waals surface area (Å²) in [5.74, 6) is 0. The van der Waals surface area contributed by atoms with Crippen LogP contribution < -0.4 is 4.94 Å². The summed E-state index contributed by atoms with van der Waals surface area (Å²) < 4.78 is 5.58. The number of hydrogen-bond donors (Lipinski definition) is 0. The number of nitrogens with zero attached hydrogens (tertiary/aromatic N) is 2. The van der Waals surface area contributed by atoms with Gasteiger partial charge in [0, 0.05) is 0 Å². The van der Waals surface area contributed by atoms with Crippen molar-refractivity contribution in [1.29, 1.82) is 0 Å². The lowest BCUT2D eigenvalue weighted by Gasteiger charge is -1.93. The van der Waals surface area contributed by atoms with Gasteiger partial charge in [-0.15, -0.1) is 4.73 Å². The molecule has 14 heavy (non-hydrogen) atoms. The lowest BCUT2D eigenvalue weighted by Crippen LogP contribution is -2.15. The minimum Gasteiger partial charge on any atom is -0.473 e. The van der Waals surface area contributed by atoms with Crippen molar-refractivity contribution in [3.63, 3.8) is 0 Å². The van der Waals surface area contributed by atoms with Crippen molar-refractivity contribution in [1.82, 2.24) is 4.73 Å². The van der Waals surface area contributed by atoms with Crippen LogP contribution in [0.2, 0.25) is 0 Å². The zero-order valence-corrected chi connectivity index (χ0v) is 7.15. The van der Waals surface area contributed by atoms with Crippen LogP contribution in [0.1, 0.15) is 0 Å². The van der Waals surface area contributed by atoms with E-state index in [9.17, 15) is 10.1 Å². The Morgan fingerprint density at radius 2 is 1.71 bits per heavy atom. The standard InChI is InChI=1S/C4H4N2O3.C4H4O/c7-6(8)9-5-3-1-2-4-5;1-2-4-5-3-1/h1-4H;1-4H. The fourth-order valence-electron chi connectivity index (χ4n) is 0.677. The molecule has 2 heterocycles. The van der Waals surface area contributed by atoms with Crippen LogP contribution in [-0.4, -0.2) is 9.82 Å². The molecule has 2 aromatic heterocycles. The Morgan fingerprint density at radius 3 is 2.07 bits per heavy atom. The van der Waals surface area contributed by atoms with Crippen molar-refractivity contribution in [3.8, 4) is 0 Å². The van der Waals surface area contributed by atoms with E-state index < -0.39 is 5.09 Å². The Balaban J connectivity index is 0.000000165. The summed E-state index contributed by atoms with van der Waals surface area (Å²) in [7, 11) is 0. The summed E-state index contributed by atoms with van der Waals surface area (Å²) in [6.07, 6.45) is 6.12. The van der Waals surface area contributed by atoms with Crippen LogP contribution in [0, 0.1) is 10.1 Å². The van der Waals surface area contributed by atoms with E-state index in [1.807, 2.05) is 12.1 Å². The topological polar surface area (TPSA) is 70.4 Å². The molecule has 0 atom stereocenters. The zero-order valence-electron chi connectivity index (χ0n) is 7.15. The third-order valence-electron chi connectivity index (χ3n) is 1.16. The smallest absolute Gasteiger partial charge is 0.168 e. The van der Waals surface area contributed by atoms with Crippen molar-refractivity contribution in [2.45, 2.75) is 0 Å². The Labute approximate surface area is 79.4 Å². The van der Waals surface area contributed by atoms with Gasteiger partial charge in [-0.2, -0.15) is 4.94 Å². The highest BCUT2D eigenvalue weighted by atomic mass is 17.0. The first-order valence-corrected chi connectivity index (χ1v) is 3.72. The Hall–Kier alpha value is -2.24. The molecule has 0 radical (unpaired) electrons. The van der Waals surface area contributed by atoms with Gasteiger partial charge in [0.2, 0.25) is 0 Å². The maximum atomic E-state index is 9.63. The monoisotopic (exact) mass is 196 g/mol. The summed E-state index contributed by atoms with van der Waals surface area (Å²) in [6.45, 7) is 0. The Kier molecular flexibility index (Phi) is 3.81. The van der Waals surface area contributed by atoms with Gasteiger partial charge in [0.05, 0.1) is 12.5 Å². The molecule has 0 fully saturated rings. The van der Waals surface area contributed by atoms with Crippen molar-refractivity contribution >= 4 is 0 Å². The average molecular weight is 196 g/mol. The van der Waals surface area contributed by atoms with Gasteiger partial charge in [-0.3, -0.25) is 0 Å². The third-order valence-corrected chi connectivity index (χ3v) is 1.16. The second kappa shape index (κ2) is 5.41. The van der Waals surface area contributed by atoms with Gasteiger partial charge >= 0.3 is 0 Å². The molecule has 0 saturated carbocycles. The SMILES string of the molecule is O=[N+]([O-])On1cccc1.c1ccoc1. The fourth-order valence-corrected chi connectivity index (χ4v) is 0.677. The van der Waals surface area contributed by atoms with Crippen LogP contribution >= 0.6 is 0 Å². The molecule has 6 nitrogen and oxygen atoms in total. The van der Waals surface area contributed by atoms with E-state index in [4.69, 9.17) is 0 Å². The van der Waals surface area contributed by atoms with Crippen LogP contribution in [0.4, 0.5) is 0 Å². The first-order valence-electron chi connectivity index (χ1n) is 3.72. The highest BCUT2D eigenvalue weighted by Crippen LogP contribution is 1.84. The molecule has 0 aliphatic rings. The summed E-state index contributed by atoms with van der Waals surface area (Å²) in [4.78, 5) is 13.6. The van der Waals surface area contributed by atoms with Gasteiger partial charge in [-0.25, -0.2) is 10.1 Å². The molecule has 0 N–H and O–H groups in total. The molecule has 0 aliphatic carbocycles. The van der Waals surface area contributed by atoms with Gasteiger partial charge in [-0.05, 0) is 24.3 Å². The van der Waals surface area contributed by atoms with E-state index in [0.29, 0.717) is 0 Å². The maximum absolute atomic E-state index is 9.63. The summed E-state index contributed by atoms with van der Waals surface area (Å²) in [5.41, 5.74) is 0. The van der Waals surface area contributed by atoms with Crippen molar-refractivity contribution in [3.05, 3.63) is 59.3 Å². The van der Waals surface area contributed by atoms with Gasteiger partial charge in [0.1, 0.15) is 12.4 Å². The first-order chi connectivity index (χ1) is 6.79. The molecule has 0 spiro atoms. The van der Waals surface area contributed by atoms with E-state index in [1.165, 1.54) is 12.4 Å². The first kappa shape index (κ1) is 9.85. The molecular formula is C8H8N2O4. The maximum Gasteiger partial charge on any atom is 0.168 e. The molecule has 0 unspecified atom stereocenters. The molecule has 0 aliphatic heterocycles. The van der Waals surface area contributed by atoms with E-state index in [2.05, 4.69) is 9.36 Å². The largest absolute Gasteiger partial charge is 0.473 e. The van der Waals surface area contributed by atoms with Crippen LogP contribution in [0.25, 0.3) is 0 Å². The molecule has 0 saturated heterocycles. The fraction of sp³-hybridized carbons (Fsp3) is 0. The molecule has 6 heteroatoms. The van der Waals surface area contributed by atoms with Crippen LogP contribution in [0.15, 0.2) is 53.6 Å². The van der Waals surface area contributed by atoms with Crippen LogP contribution in [0.5, 0.6) is 0 Å². The van der Waals surface area contributed by atoms with E-state index in [1.54, 1.807) is 24.7 Å². The van der Waals surface area contributed by atoms with Crippen LogP contribution in [0.3, 0.4) is 0 Å². The highest BCUT2D eigenvalue weighted by molar-refractivity contribution is 4.87. The van der Waals surface area contributed by atoms with E-state index in [-0.39, 0.29) is 0 Å².